The van der Waals surface area contributed by atoms with Crippen molar-refractivity contribution in [2.45, 2.75) is 38.8 Å². The maximum absolute atomic E-state index is 5.73. The van der Waals surface area contributed by atoms with Crippen molar-refractivity contribution < 1.29 is 4.74 Å². The Balaban J connectivity index is 1.63. The molecule has 0 amide bonds. The minimum Gasteiger partial charge on any atom is -0.377 e. The molecule has 4 nitrogen and oxygen atoms in total. The van der Waals surface area contributed by atoms with E-state index in [9.17, 15) is 0 Å². The molecule has 1 aliphatic heterocycles. The van der Waals surface area contributed by atoms with Crippen molar-refractivity contribution in [3.63, 3.8) is 0 Å². The van der Waals surface area contributed by atoms with Crippen LogP contribution in [0.2, 0.25) is 0 Å². The highest BCUT2D eigenvalue weighted by Gasteiger charge is 2.14. The second-order valence-corrected chi connectivity index (χ2v) is 5.19. The predicted molar refractivity (Wildman–Crippen MR) is 75.2 cm³/mol. The highest BCUT2D eigenvalue weighted by Crippen LogP contribution is 2.13. The number of pyridine rings is 1. The zero-order valence-electron chi connectivity index (χ0n) is 11.4. The molecule has 1 unspecified atom stereocenters. The summed E-state index contributed by atoms with van der Waals surface area (Å²) in [7, 11) is 0. The molecule has 2 aromatic rings. The Bertz CT molecular complexity index is 543. The maximum Gasteiger partial charge on any atom is 0.137 e. The lowest BCUT2D eigenvalue weighted by molar-refractivity contribution is 0.0167. The molecule has 4 heteroatoms. The summed E-state index contributed by atoms with van der Waals surface area (Å²) in [5.74, 6) is 0. The first-order chi connectivity index (χ1) is 9.34. The van der Waals surface area contributed by atoms with E-state index in [0.717, 1.165) is 31.0 Å². The van der Waals surface area contributed by atoms with Gasteiger partial charge in [-0.1, -0.05) is 6.07 Å². The fourth-order valence-electron chi connectivity index (χ4n) is 2.70. The van der Waals surface area contributed by atoms with Crippen LogP contribution in [0.5, 0.6) is 0 Å². The number of fused-ring (bicyclic) bond motifs is 1. The third-order valence-corrected chi connectivity index (χ3v) is 3.77. The van der Waals surface area contributed by atoms with Crippen LogP contribution in [0.4, 0.5) is 0 Å². The van der Waals surface area contributed by atoms with Crippen LogP contribution in [0, 0.1) is 6.92 Å². The summed E-state index contributed by atoms with van der Waals surface area (Å²) in [6, 6.07) is 6.11. The van der Waals surface area contributed by atoms with Crippen molar-refractivity contribution in [1.29, 1.82) is 0 Å². The van der Waals surface area contributed by atoms with Gasteiger partial charge in [0.05, 0.1) is 17.5 Å². The average Bonchev–Trinajstić information content (AvgIpc) is 2.76. The van der Waals surface area contributed by atoms with E-state index in [2.05, 4.69) is 27.8 Å². The normalized spacial score (nSPS) is 19.9. The molecule has 0 radical (unpaired) electrons. The van der Waals surface area contributed by atoms with Gasteiger partial charge in [0.2, 0.25) is 0 Å². The van der Waals surface area contributed by atoms with Crippen LogP contribution in [0.15, 0.2) is 24.4 Å². The lowest BCUT2D eigenvalue weighted by Gasteiger charge is -2.22. The molecule has 3 heterocycles. The third-order valence-electron chi connectivity index (χ3n) is 3.77. The van der Waals surface area contributed by atoms with Crippen LogP contribution in [0.25, 0.3) is 5.65 Å². The molecule has 2 aromatic heterocycles. The van der Waals surface area contributed by atoms with Gasteiger partial charge in [-0.3, -0.25) is 0 Å². The molecular weight excluding hydrogens is 238 g/mol. The topological polar surface area (TPSA) is 38.6 Å². The SMILES string of the molecule is Cc1nc2ccccn2c1CNCC1CCCCO1. The van der Waals surface area contributed by atoms with Crippen molar-refractivity contribution in [3.8, 4) is 0 Å². The van der Waals surface area contributed by atoms with Crippen LogP contribution >= 0.6 is 0 Å². The first-order valence-corrected chi connectivity index (χ1v) is 7.09. The van der Waals surface area contributed by atoms with Crippen LogP contribution < -0.4 is 5.32 Å². The summed E-state index contributed by atoms with van der Waals surface area (Å²) in [4.78, 5) is 4.57. The predicted octanol–water partition coefficient (Wildman–Crippen LogP) is 2.30. The Labute approximate surface area is 113 Å². The molecule has 102 valence electrons. The van der Waals surface area contributed by atoms with Gasteiger partial charge in [0, 0.05) is 25.9 Å². The van der Waals surface area contributed by atoms with Crippen LogP contribution in [-0.2, 0) is 11.3 Å². The minimum absolute atomic E-state index is 0.383. The summed E-state index contributed by atoms with van der Waals surface area (Å²) in [6.07, 6.45) is 6.14. The Hall–Kier alpha value is -1.39. The van der Waals surface area contributed by atoms with E-state index < -0.39 is 0 Å². The lowest BCUT2D eigenvalue weighted by atomic mass is 10.1. The molecule has 1 aliphatic rings. The molecule has 3 rings (SSSR count). The number of aryl methyl sites for hydroxylation is 1. The number of hydrogen-bond acceptors (Lipinski definition) is 3. The highest BCUT2D eigenvalue weighted by atomic mass is 16.5. The van der Waals surface area contributed by atoms with Gasteiger partial charge < -0.3 is 14.5 Å². The average molecular weight is 259 g/mol. The maximum atomic E-state index is 5.73. The Morgan fingerprint density at radius 3 is 3.21 bits per heavy atom. The van der Waals surface area contributed by atoms with Gasteiger partial charge in [0.1, 0.15) is 5.65 Å². The van der Waals surface area contributed by atoms with Gasteiger partial charge in [0.15, 0.2) is 0 Å². The third kappa shape index (κ3) is 2.80. The monoisotopic (exact) mass is 259 g/mol. The van der Waals surface area contributed by atoms with Crippen molar-refractivity contribution in [1.82, 2.24) is 14.7 Å². The van der Waals surface area contributed by atoms with Gasteiger partial charge in [-0.15, -0.1) is 0 Å². The summed E-state index contributed by atoms with van der Waals surface area (Å²) >= 11 is 0. The van der Waals surface area contributed by atoms with Gasteiger partial charge in [0.25, 0.3) is 0 Å². The van der Waals surface area contributed by atoms with E-state index in [1.807, 2.05) is 18.2 Å². The number of rotatable bonds is 4. The molecule has 19 heavy (non-hydrogen) atoms. The van der Waals surface area contributed by atoms with E-state index in [1.54, 1.807) is 0 Å². The Morgan fingerprint density at radius 1 is 1.42 bits per heavy atom. The standard InChI is InChI=1S/C15H21N3O/c1-12-14(18-8-4-2-7-15(18)17-12)11-16-10-13-6-3-5-9-19-13/h2,4,7-8,13,16H,3,5-6,9-11H2,1H3. The van der Waals surface area contributed by atoms with E-state index >= 15 is 0 Å². The molecule has 0 aromatic carbocycles. The number of ether oxygens (including phenoxy) is 1. The molecule has 1 atom stereocenters. The Kier molecular flexibility index (Phi) is 3.80. The Morgan fingerprint density at radius 2 is 2.37 bits per heavy atom. The quantitative estimate of drug-likeness (QED) is 0.915. The fraction of sp³-hybridized carbons (Fsp3) is 0.533. The largest absolute Gasteiger partial charge is 0.377 e. The smallest absolute Gasteiger partial charge is 0.137 e. The van der Waals surface area contributed by atoms with E-state index in [0.29, 0.717) is 6.10 Å². The van der Waals surface area contributed by atoms with Crippen LogP contribution in [-0.4, -0.2) is 28.6 Å². The fourth-order valence-corrected chi connectivity index (χ4v) is 2.70. The molecular formula is C15H21N3O. The van der Waals surface area contributed by atoms with E-state index in [1.165, 1.54) is 25.0 Å². The number of nitrogens with one attached hydrogen (secondary N) is 1. The number of nitrogens with zero attached hydrogens (tertiary/aromatic N) is 2. The summed E-state index contributed by atoms with van der Waals surface area (Å²) in [5, 5.41) is 3.50. The second kappa shape index (κ2) is 5.72. The molecule has 1 N–H and O–H groups in total. The minimum atomic E-state index is 0.383. The lowest BCUT2D eigenvalue weighted by Crippen LogP contribution is -2.31. The van der Waals surface area contributed by atoms with E-state index in [4.69, 9.17) is 4.74 Å². The summed E-state index contributed by atoms with van der Waals surface area (Å²) in [5.41, 5.74) is 3.36. The van der Waals surface area contributed by atoms with Gasteiger partial charge in [-0.25, -0.2) is 4.98 Å². The zero-order chi connectivity index (χ0) is 13.1. The van der Waals surface area contributed by atoms with Crippen molar-refractivity contribution in [2.24, 2.45) is 0 Å². The van der Waals surface area contributed by atoms with Crippen molar-refractivity contribution >= 4 is 5.65 Å². The molecule has 1 fully saturated rings. The molecule has 0 aliphatic carbocycles. The van der Waals surface area contributed by atoms with Gasteiger partial charge >= 0.3 is 0 Å². The summed E-state index contributed by atoms with van der Waals surface area (Å²) in [6.45, 7) is 4.76. The molecule has 0 saturated carbocycles. The van der Waals surface area contributed by atoms with Gasteiger partial charge in [-0.2, -0.15) is 0 Å². The number of hydrogen-bond donors (Lipinski definition) is 1. The van der Waals surface area contributed by atoms with Crippen LogP contribution in [0.3, 0.4) is 0 Å². The highest BCUT2D eigenvalue weighted by molar-refractivity contribution is 5.42. The first kappa shape index (κ1) is 12.6. The molecule has 1 saturated heterocycles. The second-order valence-electron chi connectivity index (χ2n) is 5.19. The first-order valence-electron chi connectivity index (χ1n) is 7.09. The van der Waals surface area contributed by atoms with Gasteiger partial charge in [-0.05, 0) is 38.3 Å². The van der Waals surface area contributed by atoms with Crippen molar-refractivity contribution in [3.05, 3.63) is 35.8 Å². The molecule has 0 spiro atoms. The zero-order valence-corrected chi connectivity index (χ0v) is 11.4. The summed E-state index contributed by atoms with van der Waals surface area (Å²) < 4.78 is 7.89. The van der Waals surface area contributed by atoms with E-state index in [-0.39, 0.29) is 0 Å². The molecule has 0 bridgehead atoms. The van der Waals surface area contributed by atoms with Crippen molar-refractivity contribution in [2.75, 3.05) is 13.2 Å². The van der Waals surface area contributed by atoms with Crippen LogP contribution in [0.1, 0.15) is 30.7 Å². The number of aromatic nitrogens is 2. The number of imidazole rings is 1.